The van der Waals surface area contributed by atoms with Gasteiger partial charge in [0.2, 0.25) is 0 Å². The predicted molar refractivity (Wildman–Crippen MR) is 81.2 cm³/mol. The molecule has 0 radical (unpaired) electrons. The first-order valence-corrected chi connectivity index (χ1v) is 6.63. The summed E-state index contributed by atoms with van der Waals surface area (Å²) in [5.74, 6) is 1.61. The van der Waals surface area contributed by atoms with Crippen LogP contribution in [0.15, 0.2) is 24.3 Å². The van der Waals surface area contributed by atoms with E-state index in [4.69, 9.17) is 4.74 Å². The molecule has 2 aromatic rings. The van der Waals surface area contributed by atoms with Gasteiger partial charge in [-0.3, -0.25) is 0 Å². The topological polar surface area (TPSA) is 52.0 Å². The van der Waals surface area contributed by atoms with Crippen LogP contribution in [0.4, 0.5) is 4.39 Å². The number of hydrogen-bond acceptors (Lipinski definition) is 4. The van der Waals surface area contributed by atoms with Crippen LogP contribution < -0.4 is 10.1 Å². The minimum atomic E-state index is -0.320. The number of nitrogens with zero attached hydrogens (tertiary/aromatic N) is 3. The van der Waals surface area contributed by atoms with Crippen LogP contribution in [0, 0.1) is 5.82 Å². The third-order valence-corrected chi connectivity index (χ3v) is 3.03. The van der Waals surface area contributed by atoms with Gasteiger partial charge in [0.05, 0.1) is 6.04 Å². The summed E-state index contributed by atoms with van der Waals surface area (Å²) in [5.41, 5.74) is 0. The van der Waals surface area contributed by atoms with Crippen molar-refractivity contribution >= 4 is 12.4 Å². The van der Waals surface area contributed by atoms with E-state index in [1.807, 2.05) is 25.6 Å². The van der Waals surface area contributed by atoms with Gasteiger partial charge >= 0.3 is 0 Å². The van der Waals surface area contributed by atoms with Crippen molar-refractivity contribution in [3.63, 3.8) is 0 Å². The van der Waals surface area contributed by atoms with Gasteiger partial charge in [0.1, 0.15) is 24.0 Å². The van der Waals surface area contributed by atoms with Crippen LogP contribution in [0.3, 0.4) is 0 Å². The summed E-state index contributed by atoms with van der Waals surface area (Å²) in [4.78, 5) is 4.46. The van der Waals surface area contributed by atoms with Gasteiger partial charge in [0.25, 0.3) is 0 Å². The molecule has 0 aliphatic heterocycles. The summed E-state index contributed by atoms with van der Waals surface area (Å²) in [6, 6.07) is 6.15. The lowest BCUT2D eigenvalue weighted by atomic mass is 10.3. The molecule has 21 heavy (non-hydrogen) atoms. The number of nitrogens with one attached hydrogen (secondary N) is 1. The van der Waals surface area contributed by atoms with Gasteiger partial charge in [-0.15, -0.1) is 12.4 Å². The van der Waals surface area contributed by atoms with Crippen molar-refractivity contribution in [3.8, 4) is 5.75 Å². The zero-order chi connectivity index (χ0) is 14.5. The molecule has 7 heteroatoms. The van der Waals surface area contributed by atoms with Crippen LogP contribution in [0.1, 0.15) is 31.5 Å². The number of hydrogen-bond donors (Lipinski definition) is 1. The average molecular weight is 315 g/mol. The van der Waals surface area contributed by atoms with E-state index in [2.05, 4.69) is 15.4 Å². The Labute approximate surface area is 129 Å². The molecule has 2 rings (SSSR count). The first kappa shape index (κ1) is 17.4. The van der Waals surface area contributed by atoms with Gasteiger partial charge in [0.15, 0.2) is 5.82 Å². The number of halogens is 2. The minimum Gasteiger partial charge on any atom is -0.485 e. The van der Waals surface area contributed by atoms with Crippen LogP contribution in [-0.2, 0) is 13.2 Å². The number of ether oxygens (including phenoxy) is 1. The lowest BCUT2D eigenvalue weighted by Crippen LogP contribution is -2.18. The van der Waals surface area contributed by atoms with Crippen LogP contribution >= 0.6 is 12.4 Å². The van der Waals surface area contributed by atoms with Crippen LogP contribution in [0.5, 0.6) is 5.75 Å². The standard InChI is InChI=1S/C14H19FN4O.ClH/c1-4-19-14(10(2)16-3)17-13(18-19)9-20-12-7-5-6-11(15)8-12;/h5-8,10,16H,4,9H2,1-3H3;1H/t10-;/m0./s1. The molecule has 1 heterocycles. The highest BCUT2D eigenvalue weighted by Gasteiger charge is 2.14. The summed E-state index contributed by atoms with van der Waals surface area (Å²) >= 11 is 0. The molecular formula is C14H20ClFN4O. The Bertz CT molecular complexity index is 576. The largest absolute Gasteiger partial charge is 0.485 e. The summed E-state index contributed by atoms with van der Waals surface area (Å²) < 4.78 is 20.4. The van der Waals surface area contributed by atoms with E-state index in [0.29, 0.717) is 11.6 Å². The summed E-state index contributed by atoms with van der Waals surface area (Å²) in [7, 11) is 1.88. The molecule has 0 aliphatic rings. The third-order valence-electron chi connectivity index (χ3n) is 3.03. The van der Waals surface area contributed by atoms with Crippen molar-refractivity contribution in [1.29, 1.82) is 0 Å². The fourth-order valence-corrected chi connectivity index (χ4v) is 1.85. The van der Waals surface area contributed by atoms with E-state index in [9.17, 15) is 4.39 Å². The highest BCUT2D eigenvalue weighted by molar-refractivity contribution is 5.85. The van der Waals surface area contributed by atoms with Crippen molar-refractivity contribution in [2.24, 2.45) is 0 Å². The third kappa shape index (κ3) is 4.41. The molecular weight excluding hydrogens is 295 g/mol. The molecule has 0 aliphatic carbocycles. The molecule has 0 saturated heterocycles. The molecule has 0 saturated carbocycles. The molecule has 0 fully saturated rings. The lowest BCUT2D eigenvalue weighted by Gasteiger charge is -2.09. The van der Waals surface area contributed by atoms with E-state index in [1.54, 1.807) is 12.1 Å². The molecule has 1 atom stereocenters. The van der Waals surface area contributed by atoms with Crippen LogP contribution in [0.25, 0.3) is 0 Å². The van der Waals surface area contributed by atoms with Crippen molar-refractivity contribution in [2.45, 2.75) is 33.0 Å². The lowest BCUT2D eigenvalue weighted by molar-refractivity contribution is 0.293. The molecule has 1 aromatic heterocycles. The number of rotatable bonds is 6. The van der Waals surface area contributed by atoms with Gasteiger partial charge in [-0.2, -0.15) is 5.10 Å². The fourth-order valence-electron chi connectivity index (χ4n) is 1.85. The molecule has 0 unspecified atom stereocenters. The Hall–Kier alpha value is -1.66. The molecule has 5 nitrogen and oxygen atoms in total. The zero-order valence-corrected chi connectivity index (χ0v) is 13.2. The summed E-state index contributed by atoms with van der Waals surface area (Å²) in [6.45, 7) is 5.00. The van der Waals surface area contributed by atoms with E-state index in [0.717, 1.165) is 12.4 Å². The predicted octanol–water partition coefficient (Wildman–Crippen LogP) is 2.72. The van der Waals surface area contributed by atoms with Gasteiger partial charge in [-0.1, -0.05) is 6.07 Å². The van der Waals surface area contributed by atoms with E-state index in [-0.39, 0.29) is 30.9 Å². The molecule has 1 N–H and O–H groups in total. The maximum Gasteiger partial charge on any atom is 0.188 e. The second kappa shape index (κ2) is 7.95. The first-order chi connectivity index (χ1) is 9.63. The smallest absolute Gasteiger partial charge is 0.188 e. The summed E-state index contributed by atoms with van der Waals surface area (Å²) in [5, 5.41) is 7.52. The zero-order valence-electron chi connectivity index (χ0n) is 12.3. The number of aromatic nitrogens is 3. The van der Waals surface area contributed by atoms with Crippen molar-refractivity contribution in [1.82, 2.24) is 20.1 Å². The normalized spacial score (nSPS) is 11.8. The highest BCUT2D eigenvalue weighted by Crippen LogP contribution is 2.14. The number of benzene rings is 1. The monoisotopic (exact) mass is 314 g/mol. The Morgan fingerprint density at radius 3 is 2.81 bits per heavy atom. The van der Waals surface area contributed by atoms with E-state index < -0.39 is 0 Å². The van der Waals surface area contributed by atoms with E-state index >= 15 is 0 Å². The Morgan fingerprint density at radius 2 is 2.19 bits per heavy atom. The van der Waals surface area contributed by atoms with E-state index in [1.165, 1.54) is 12.1 Å². The number of aryl methyl sites for hydroxylation is 1. The average Bonchev–Trinajstić information content (AvgIpc) is 2.87. The molecule has 0 amide bonds. The SMILES string of the molecule is CCn1nc(COc2cccc(F)c2)nc1[C@H](C)NC.Cl. The highest BCUT2D eigenvalue weighted by atomic mass is 35.5. The second-order valence-corrected chi connectivity index (χ2v) is 4.46. The van der Waals surface area contributed by atoms with Crippen LogP contribution in [0.2, 0.25) is 0 Å². The van der Waals surface area contributed by atoms with Crippen molar-refractivity contribution < 1.29 is 9.13 Å². The van der Waals surface area contributed by atoms with Gasteiger partial charge in [-0.05, 0) is 33.0 Å². The van der Waals surface area contributed by atoms with Crippen molar-refractivity contribution in [3.05, 3.63) is 41.7 Å². The minimum absolute atomic E-state index is 0. The Kier molecular flexibility index (Phi) is 6.58. The quantitative estimate of drug-likeness (QED) is 0.890. The maximum absolute atomic E-state index is 13.0. The molecule has 116 valence electrons. The van der Waals surface area contributed by atoms with Gasteiger partial charge in [0, 0.05) is 12.6 Å². The first-order valence-electron chi connectivity index (χ1n) is 6.63. The Morgan fingerprint density at radius 1 is 1.43 bits per heavy atom. The molecule has 0 bridgehead atoms. The van der Waals surface area contributed by atoms with Gasteiger partial charge in [-0.25, -0.2) is 14.1 Å². The van der Waals surface area contributed by atoms with Gasteiger partial charge < -0.3 is 10.1 Å². The Balaban J connectivity index is 0.00000220. The summed E-state index contributed by atoms with van der Waals surface area (Å²) in [6.07, 6.45) is 0. The molecule has 1 aromatic carbocycles. The molecule has 0 spiro atoms. The fraction of sp³-hybridized carbons (Fsp3) is 0.429. The second-order valence-electron chi connectivity index (χ2n) is 4.46. The maximum atomic E-state index is 13.0. The van der Waals surface area contributed by atoms with Crippen molar-refractivity contribution in [2.75, 3.05) is 7.05 Å². The van der Waals surface area contributed by atoms with Crippen LogP contribution in [-0.4, -0.2) is 21.8 Å².